The third-order valence-electron chi connectivity index (χ3n) is 4.79. The van der Waals surface area contributed by atoms with Crippen molar-refractivity contribution in [1.29, 1.82) is 0 Å². The topological polar surface area (TPSA) is 115 Å². The lowest BCUT2D eigenvalue weighted by molar-refractivity contribution is -0.116. The lowest BCUT2D eigenvalue weighted by Crippen LogP contribution is -2.23. The number of hydrogen-bond donors (Lipinski definition) is 2. The van der Waals surface area contributed by atoms with Crippen molar-refractivity contribution in [3.63, 3.8) is 0 Å². The molecule has 1 aromatic heterocycles. The molecule has 0 spiro atoms. The van der Waals surface area contributed by atoms with Gasteiger partial charge in [0.25, 0.3) is 0 Å². The van der Waals surface area contributed by atoms with Crippen LogP contribution in [0.2, 0.25) is 5.02 Å². The van der Waals surface area contributed by atoms with Crippen LogP contribution >= 0.6 is 23.4 Å². The summed E-state index contributed by atoms with van der Waals surface area (Å²) in [6.45, 7) is 2.65. The highest BCUT2D eigenvalue weighted by Gasteiger charge is 2.16. The molecule has 2 aromatic carbocycles. The number of nitrogens with one attached hydrogen (secondary N) is 2. The molecule has 0 saturated carbocycles. The Labute approximate surface area is 211 Å². The van der Waals surface area contributed by atoms with Crippen LogP contribution in [0.25, 0.3) is 6.08 Å². The van der Waals surface area contributed by atoms with Crippen LogP contribution in [0, 0.1) is 0 Å². The number of aromatic nitrogens is 3. The average Bonchev–Trinajstić information content (AvgIpc) is 3.27. The number of methoxy groups -OCH3 is 1. The second-order valence-corrected chi connectivity index (χ2v) is 8.44. The number of carbonyl (C=O) groups excluding carboxylic acids is 3. The number of hydrogen-bond acceptors (Lipinski definition) is 7. The van der Waals surface area contributed by atoms with E-state index in [1.54, 1.807) is 36.4 Å². The zero-order valence-corrected chi connectivity index (χ0v) is 20.7. The minimum Gasteiger partial charge on any atom is -0.465 e. The van der Waals surface area contributed by atoms with Crippen molar-refractivity contribution < 1.29 is 19.1 Å². The second kappa shape index (κ2) is 12.7. The molecule has 182 valence electrons. The van der Waals surface area contributed by atoms with Gasteiger partial charge >= 0.3 is 5.97 Å². The van der Waals surface area contributed by atoms with Gasteiger partial charge in [0.05, 0.1) is 30.7 Å². The molecular weight excluding hydrogens is 490 g/mol. The Kier molecular flexibility index (Phi) is 9.45. The van der Waals surface area contributed by atoms with Crippen LogP contribution in [0.4, 0.5) is 5.69 Å². The molecule has 0 aliphatic rings. The van der Waals surface area contributed by atoms with Crippen LogP contribution in [0.5, 0.6) is 0 Å². The molecule has 0 aliphatic carbocycles. The molecule has 1 heterocycles. The summed E-state index contributed by atoms with van der Waals surface area (Å²) in [5.74, 6) is -0.524. The van der Waals surface area contributed by atoms with Gasteiger partial charge in [-0.1, -0.05) is 53.7 Å². The van der Waals surface area contributed by atoms with E-state index in [9.17, 15) is 14.4 Å². The molecule has 2 N–H and O–H groups in total. The van der Waals surface area contributed by atoms with Gasteiger partial charge in [0.2, 0.25) is 11.8 Å². The van der Waals surface area contributed by atoms with E-state index in [2.05, 4.69) is 20.8 Å². The molecule has 0 unspecified atom stereocenters. The third-order valence-corrected chi connectivity index (χ3v) is 6.10. The zero-order chi connectivity index (χ0) is 25.2. The Hall–Kier alpha value is -3.63. The van der Waals surface area contributed by atoms with Crippen molar-refractivity contribution in [3.8, 4) is 0 Å². The van der Waals surface area contributed by atoms with E-state index in [0.717, 1.165) is 5.56 Å². The summed E-state index contributed by atoms with van der Waals surface area (Å²) >= 11 is 7.30. The number of para-hydroxylation sites is 1. The van der Waals surface area contributed by atoms with Crippen LogP contribution in [-0.4, -0.2) is 45.4 Å². The monoisotopic (exact) mass is 513 g/mol. The highest BCUT2D eigenvalue weighted by atomic mass is 35.5. The highest BCUT2D eigenvalue weighted by molar-refractivity contribution is 7.99. The number of nitrogens with zero attached hydrogens (tertiary/aromatic N) is 3. The zero-order valence-electron chi connectivity index (χ0n) is 19.2. The molecule has 0 bridgehead atoms. The number of carbonyl (C=O) groups is 3. The van der Waals surface area contributed by atoms with Crippen LogP contribution in [0.15, 0.2) is 59.8 Å². The van der Waals surface area contributed by atoms with Crippen molar-refractivity contribution in [2.24, 2.45) is 0 Å². The van der Waals surface area contributed by atoms with Crippen molar-refractivity contribution in [3.05, 3.63) is 76.6 Å². The number of ether oxygens (including phenoxy) is 1. The van der Waals surface area contributed by atoms with Crippen LogP contribution in [0.1, 0.15) is 28.7 Å². The van der Waals surface area contributed by atoms with Gasteiger partial charge in [-0.3, -0.25) is 9.59 Å². The molecule has 35 heavy (non-hydrogen) atoms. The Morgan fingerprint density at radius 1 is 1.11 bits per heavy atom. The standard InChI is InChI=1S/C24H24ClN5O4S/c1-3-30-20(14-26-21(31)13-12-16-8-4-6-10-18(16)25)28-29-24(30)35-15-22(32)27-19-11-7-5-9-17(19)23(33)34-2/h4-13H,3,14-15H2,1-2H3,(H,26,31)(H,27,32)/b13-12+. The molecular formula is C24H24ClN5O4S. The van der Waals surface area contributed by atoms with E-state index in [1.807, 2.05) is 29.7 Å². The Morgan fingerprint density at radius 3 is 2.60 bits per heavy atom. The number of halogens is 1. The first-order valence-corrected chi connectivity index (χ1v) is 12.0. The smallest absolute Gasteiger partial charge is 0.339 e. The first kappa shape index (κ1) is 26.0. The van der Waals surface area contributed by atoms with Crippen molar-refractivity contribution in [1.82, 2.24) is 20.1 Å². The molecule has 0 aliphatic heterocycles. The van der Waals surface area contributed by atoms with Crippen molar-refractivity contribution in [2.45, 2.75) is 25.2 Å². The van der Waals surface area contributed by atoms with Gasteiger partial charge < -0.3 is 19.9 Å². The Morgan fingerprint density at radius 2 is 1.86 bits per heavy atom. The molecule has 3 aromatic rings. The predicted octanol–water partition coefficient (Wildman–Crippen LogP) is 3.80. The van der Waals surface area contributed by atoms with E-state index in [4.69, 9.17) is 16.3 Å². The quantitative estimate of drug-likeness (QED) is 0.241. The first-order chi connectivity index (χ1) is 16.9. The van der Waals surface area contributed by atoms with Crippen LogP contribution < -0.4 is 10.6 Å². The van der Waals surface area contributed by atoms with Crippen LogP contribution in [0.3, 0.4) is 0 Å². The summed E-state index contributed by atoms with van der Waals surface area (Å²) in [6, 6.07) is 13.8. The fourth-order valence-electron chi connectivity index (χ4n) is 3.07. The maximum absolute atomic E-state index is 12.5. The van der Waals surface area contributed by atoms with Gasteiger partial charge in [-0.05, 0) is 36.8 Å². The number of rotatable bonds is 10. The maximum Gasteiger partial charge on any atom is 0.339 e. The van der Waals surface area contributed by atoms with E-state index in [1.165, 1.54) is 24.9 Å². The number of anilines is 1. The van der Waals surface area contributed by atoms with Crippen LogP contribution in [-0.2, 0) is 27.4 Å². The summed E-state index contributed by atoms with van der Waals surface area (Å²) in [7, 11) is 1.28. The Bertz CT molecular complexity index is 1240. The van der Waals surface area contributed by atoms with Gasteiger partial charge in [-0.2, -0.15) is 0 Å². The largest absolute Gasteiger partial charge is 0.465 e. The highest BCUT2D eigenvalue weighted by Crippen LogP contribution is 2.20. The summed E-state index contributed by atoms with van der Waals surface area (Å²) in [4.78, 5) is 36.6. The van der Waals surface area contributed by atoms with E-state index in [-0.39, 0.29) is 29.7 Å². The fourth-order valence-corrected chi connectivity index (χ4v) is 4.09. The molecule has 11 heteroatoms. The fraction of sp³-hybridized carbons (Fsp3) is 0.208. The van der Waals surface area contributed by atoms with Crippen molar-refractivity contribution in [2.75, 3.05) is 18.2 Å². The van der Waals surface area contributed by atoms with Gasteiger partial charge in [-0.25, -0.2) is 4.79 Å². The summed E-state index contributed by atoms with van der Waals surface area (Å²) in [5.41, 5.74) is 1.38. The predicted molar refractivity (Wildman–Crippen MR) is 135 cm³/mol. The lowest BCUT2D eigenvalue weighted by Gasteiger charge is -2.10. The van der Waals surface area contributed by atoms with Gasteiger partial charge in [0, 0.05) is 17.6 Å². The van der Waals surface area contributed by atoms with Gasteiger partial charge in [0.15, 0.2) is 11.0 Å². The number of thioether (sulfide) groups is 1. The van der Waals surface area contributed by atoms with E-state index in [0.29, 0.717) is 28.2 Å². The van der Waals surface area contributed by atoms with Crippen molar-refractivity contribution >= 4 is 52.9 Å². The molecule has 3 rings (SSSR count). The van der Waals surface area contributed by atoms with E-state index >= 15 is 0 Å². The molecule has 2 amide bonds. The summed E-state index contributed by atoms with van der Waals surface area (Å²) in [6.07, 6.45) is 3.04. The third kappa shape index (κ3) is 7.17. The SMILES string of the molecule is CCn1c(CNC(=O)/C=C/c2ccccc2Cl)nnc1SCC(=O)Nc1ccccc1C(=O)OC. The molecule has 0 fully saturated rings. The number of amides is 2. The average molecular weight is 514 g/mol. The molecule has 0 atom stereocenters. The van der Waals surface area contributed by atoms with E-state index < -0.39 is 5.97 Å². The Balaban J connectivity index is 1.56. The second-order valence-electron chi connectivity index (χ2n) is 7.09. The lowest BCUT2D eigenvalue weighted by atomic mass is 10.2. The number of esters is 1. The summed E-state index contributed by atoms with van der Waals surface area (Å²) in [5, 5.41) is 14.9. The maximum atomic E-state index is 12.5. The minimum absolute atomic E-state index is 0.0561. The molecule has 0 radical (unpaired) electrons. The van der Waals surface area contributed by atoms with Gasteiger partial charge in [0.1, 0.15) is 0 Å². The number of benzene rings is 2. The minimum atomic E-state index is -0.535. The van der Waals surface area contributed by atoms with Gasteiger partial charge in [-0.15, -0.1) is 10.2 Å². The first-order valence-electron chi connectivity index (χ1n) is 10.7. The summed E-state index contributed by atoms with van der Waals surface area (Å²) < 4.78 is 6.56. The molecule has 9 nitrogen and oxygen atoms in total. The normalized spacial score (nSPS) is 10.8. The molecule has 0 saturated heterocycles.